The summed E-state index contributed by atoms with van der Waals surface area (Å²) in [5, 5.41) is 3.88. The summed E-state index contributed by atoms with van der Waals surface area (Å²) in [4.78, 5) is 15.9. The van der Waals surface area contributed by atoms with E-state index < -0.39 is 17.2 Å². The van der Waals surface area contributed by atoms with Gasteiger partial charge >= 0.3 is 6.18 Å². The van der Waals surface area contributed by atoms with Crippen LogP contribution in [0.5, 0.6) is 5.75 Å². The minimum atomic E-state index is -4.39. The van der Waals surface area contributed by atoms with Crippen LogP contribution in [0, 0.1) is 11.3 Å². The molecule has 206 valence electrons. The second-order valence-corrected chi connectivity index (χ2v) is 12.5. The van der Waals surface area contributed by atoms with E-state index in [4.69, 9.17) is 4.74 Å². The molecule has 1 heterocycles. The molecule has 1 aliphatic heterocycles. The van der Waals surface area contributed by atoms with Crippen LogP contribution >= 0.6 is 15.9 Å². The molecule has 4 nitrogen and oxygen atoms in total. The van der Waals surface area contributed by atoms with Crippen LogP contribution in [0.2, 0.25) is 0 Å². The van der Waals surface area contributed by atoms with Crippen LogP contribution in [0.4, 0.5) is 13.2 Å². The lowest BCUT2D eigenvalue weighted by Gasteiger charge is -2.40. The van der Waals surface area contributed by atoms with E-state index in [1.165, 1.54) is 17.2 Å². The molecule has 2 aromatic rings. The van der Waals surface area contributed by atoms with Crippen molar-refractivity contribution >= 4 is 21.8 Å². The minimum absolute atomic E-state index is 0.0886. The first-order valence-electron chi connectivity index (χ1n) is 13.5. The van der Waals surface area contributed by atoms with Gasteiger partial charge in [0.25, 0.3) is 0 Å². The summed E-state index contributed by atoms with van der Waals surface area (Å²) in [5.74, 6) is 1.47. The largest absolute Gasteiger partial charge is 0.496 e. The maximum absolute atomic E-state index is 14.1. The van der Waals surface area contributed by atoms with Gasteiger partial charge in [0.15, 0.2) is 0 Å². The molecule has 1 fully saturated rings. The third-order valence-electron chi connectivity index (χ3n) is 9.20. The lowest BCUT2D eigenvalue weighted by molar-refractivity contribution is -0.145. The third kappa shape index (κ3) is 4.87. The molecule has 38 heavy (non-hydrogen) atoms. The number of ether oxygens (including phenoxy) is 1. The second-order valence-electron chi connectivity index (χ2n) is 11.7. The highest BCUT2D eigenvalue weighted by Crippen LogP contribution is 2.49. The second kappa shape index (κ2) is 10.2. The fraction of sp³-hybridized carbons (Fsp3) is 0.567. The molecule has 0 aromatic heterocycles. The highest BCUT2D eigenvalue weighted by atomic mass is 79.9. The predicted molar refractivity (Wildman–Crippen MR) is 145 cm³/mol. The molecule has 3 aliphatic rings. The number of carbonyl (C=O) groups excluding carboxylic acids is 1. The van der Waals surface area contributed by atoms with E-state index in [2.05, 4.69) is 54.2 Å². The number of nitrogens with one attached hydrogen (secondary N) is 1. The topological polar surface area (TPSA) is 41.6 Å². The molecular formula is C30H36BrF3N2O2. The zero-order chi connectivity index (χ0) is 27.4. The summed E-state index contributed by atoms with van der Waals surface area (Å²) in [5.41, 5.74) is 2.94. The van der Waals surface area contributed by atoms with Crippen molar-refractivity contribution in [3.05, 3.63) is 62.6 Å². The number of carbonyl (C=O) groups is 1. The summed E-state index contributed by atoms with van der Waals surface area (Å²) < 4.78 is 46.5. The van der Waals surface area contributed by atoms with Gasteiger partial charge in [-0.1, -0.05) is 26.8 Å². The van der Waals surface area contributed by atoms with Gasteiger partial charge in [-0.15, -0.1) is 0 Å². The van der Waals surface area contributed by atoms with Crippen LogP contribution in [0.25, 0.3) is 0 Å². The monoisotopic (exact) mass is 592 g/mol. The first-order valence-corrected chi connectivity index (χ1v) is 14.3. The molecule has 4 atom stereocenters. The van der Waals surface area contributed by atoms with Gasteiger partial charge in [0.05, 0.1) is 22.6 Å². The number of fused-ring (bicyclic) bond motifs is 2. The van der Waals surface area contributed by atoms with Crippen molar-refractivity contribution in [2.45, 2.75) is 83.6 Å². The summed E-state index contributed by atoms with van der Waals surface area (Å²) >= 11 is 3.61. The van der Waals surface area contributed by atoms with E-state index in [0.29, 0.717) is 24.4 Å². The zero-order valence-electron chi connectivity index (χ0n) is 22.4. The first kappa shape index (κ1) is 27.5. The fourth-order valence-electron chi connectivity index (χ4n) is 6.92. The predicted octanol–water partition coefficient (Wildman–Crippen LogP) is 7.39. The maximum Gasteiger partial charge on any atom is 0.416 e. The molecular weight excluding hydrogens is 557 g/mol. The van der Waals surface area contributed by atoms with Crippen molar-refractivity contribution < 1.29 is 22.7 Å². The van der Waals surface area contributed by atoms with Gasteiger partial charge in [-0.25, -0.2) is 0 Å². The van der Waals surface area contributed by atoms with Gasteiger partial charge in [-0.3, -0.25) is 4.79 Å². The number of amides is 1. The number of hydrogen-bond acceptors (Lipinski definition) is 3. The number of halogens is 4. The SMILES string of the molecule is COc1cc2c(cc1Br)C(C)CC2N[C@@H]1CC[C@@](C(=O)N2CCc3ccc(C(F)(F)F)cc3C2)(C(C)C)C1. The van der Waals surface area contributed by atoms with E-state index in [0.717, 1.165) is 47.5 Å². The van der Waals surface area contributed by atoms with E-state index in [9.17, 15) is 18.0 Å². The molecule has 2 aromatic carbocycles. The molecule has 1 amide bonds. The van der Waals surface area contributed by atoms with Gasteiger partial charge in [-0.05, 0) is 106 Å². The lowest BCUT2D eigenvalue weighted by Crippen LogP contribution is -2.48. The Morgan fingerprint density at radius 3 is 2.63 bits per heavy atom. The number of nitrogens with zero attached hydrogens (tertiary/aromatic N) is 1. The van der Waals surface area contributed by atoms with Gasteiger partial charge in [0.2, 0.25) is 5.91 Å². The van der Waals surface area contributed by atoms with Crippen molar-refractivity contribution in [2.75, 3.05) is 13.7 Å². The van der Waals surface area contributed by atoms with Crippen molar-refractivity contribution in [1.29, 1.82) is 0 Å². The highest BCUT2D eigenvalue weighted by molar-refractivity contribution is 9.10. The molecule has 1 saturated carbocycles. The lowest BCUT2D eigenvalue weighted by atomic mass is 9.73. The van der Waals surface area contributed by atoms with Gasteiger partial charge in [0.1, 0.15) is 5.75 Å². The molecule has 2 unspecified atom stereocenters. The summed E-state index contributed by atoms with van der Waals surface area (Å²) in [7, 11) is 1.68. The quantitative estimate of drug-likeness (QED) is 0.393. The normalized spacial score (nSPS) is 27.0. The van der Waals surface area contributed by atoms with Crippen molar-refractivity contribution in [3.8, 4) is 5.75 Å². The van der Waals surface area contributed by atoms with Crippen LogP contribution in [-0.4, -0.2) is 30.5 Å². The number of hydrogen-bond donors (Lipinski definition) is 1. The van der Waals surface area contributed by atoms with Crippen LogP contribution in [0.15, 0.2) is 34.8 Å². The van der Waals surface area contributed by atoms with Crippen molar-refractivity contribution in [3.63, 3.8) is 0 Å². The smallest absolute Gasteiger partial charge is 0.416 e. The van der Waals surface area contributed by atoms with Crippen LogP contribution in [0.1, 0.15) is 86.2 Å². The Kier molecular flexibility index (Phi) is 7.35. The Balaban J connectivity index is 1.33. The number of rotatable bonds is 5. The average Bonchev–Trinajstić information content (AvgIpc) is 3.43. The summed E-state index contributed by atoms with van der Waals surface area (Å²) in [6.07, 6.45) is -0.376. The van der Waals surface area contributed by atoms with Crippen LogP contribution < -0.4 is 10.1 Å². The fourth-order valence-corrected chi connectivity index (χ4v) is 7.45. The Bertz CT molecular complexity index is 1230. The van der Waals surface area contributed by atoms with E-state index in [1.807, 2.05) is 0 Å². The number of alkyl halides is 3. The van der Waals surface area contributed by atoms with E-state index in [-0.39, 0.29) is 30.5 Å². The maximum atomic E-state index is 14.1. The van der Waals surface area contributed by atoms with Gasteiger partial charge < -0.3 is 15.0 Å². The van der Waals surface area contributed by atoms with Crippen LogP contribution in [0.3, 0.4) is 0 Å². The van der Waals surface area contributed by atoms with Crippen LogP contribution in [-0.2, 0) is 23.9 Å². The standard InChI is InChI=1S/C30H36BrF3N2O2/c1-17(2)29(28(37)36-10-8-19-5-6-21(30(32,33)34)12-20(19)16-36)9-7-22(15-29)35-26-11-18(3)23-13-25(31)27(38-4)14-24(23)26/h5-6,12-14,17-18,22,26,35H,7-11,15-16H2,1-4H3/t18?,22-,26?,29+/m1/s1. The molecule has 0 spiro atoms. The zero-order valence-corrected chi connectivity index (χ0v) is 24.0. The molecule has 0 saturated heterocycles. The summed E-state index contributed by atoms with van der Waals surface area (Å²) in [6.45, 7) is 7.25. The highest BCUT2D eigenvalue weighted by Gasteiger charge is 2.50. The number of methoxy groups -OCH3 is 1. The molecule has 1 N–H and O–H groups in total. The van der Waals surface area contributed by atoms with E-state index in [1.54, 1.807) is 18.1 Å². The first-order chi connectivity index (χ1) is 17.9. The van der Waals surface area contributed by atoms with E-state index >= 15 is 0 Å². The Labute approximate surface area is 231 Å². The van der Waals surface area contributed by atoms with Gasteiger partial charge in [-0.2, -0.15) is 13.2 Å². The Morgan fingerprint density at radius 2 is 1.95 bits per heavy atom. The molecule has 0 bridgehead atoms. The summed E-state index contributed by atoms with van der Waals surface area (Å²) in [6, 6.07) is 8.63. The molecule has 5 rings (SSSR count). The molecule has 8 heteroatoms. The molecule has 0 radical (unpaired) electrons. The van der Waals surface area contributed by atoms with Gasteiger partial charge in [0, 0.05) is 25.2 Å². The Hall–Kier alpha value is -2.06. The van der Waals surface area contributed by atoms with Crippen molar-refractivity contribution in [2.24, 2.45) is 11.3 Å². The third-order valence-corrected chi connectivity index (χ3v) is 9.82. The number of benzene rings is 2. The minimum Gasteiger partial charge on any atom is -0.496 e. The van der Waals surface area contributed by atoms with Crippen molar-refractivity contribution in [1.82, 2.24) is 10.2 Å². The Morgan fingerprint density at radius 1 is 1.18 bits per heavy atom. The molecule has 2 aliphatic carbocycles. The average molecular weight is 594 g/mol.